The van der Waals surface area contributed by atoms with Crippen LogP contribution < -0.4 is 4.74 Å². The summed E-state index contributed by atoms with van der Waals surface area (Å²) in [5.41, 5.74) is 0. The summed E-state index contributed by atoms with van der Waals surface area (Å²) >= 11 is 0. The number of benzene rings is 1. The average molecular weight is 224 g/mol. The number of ether oxygens (including phenoxy) is 1. The van der Waals surface area contributed by atoms with Crippen LogP contribution in [0.4, 0.5) is 4.39 Å². The fraction of sp³-hybridized carbons (Fsp3) is 0.538. The maximum atomic E-state index is 13.2. The highest BCUT2D eigenvalue weighted by atomic mass is 19.1. The number of hydrogen-bond donors (Lipinski definition) is 1. The lowest BCUT2D eigenvalue weighted by Crippen LogP contribution is -2.16. The van der Waals surface area contributed by atoms with Crippen LogP contribution in [0.2, 0.25) is 0 Å². The van der Waals surface area contributed by atoms with Crippen LogP contribution in [0.3, 0.4) is 0 Å². The van der Waals surface area contributed by atoms with Gasteiger partial charge in [-0.3, -0.25) is 0 Å². The normalized spacial score (nSPS) is 24.6. The van der Waals surface area contributed by atoms with Gasteiger partial charge < -0.3 is 9.84 Å². The molecule has 1 aliphatic rings. The largest absolute Gasteiger partial charge is 0.491 e. The van der Waals surface area contributed by atoms with E-state index < -0.39 is 0 Å². The molecule has 0 saturated heterocycles. The minimum Gasteiger partial charge on any atom is -0.491 e. The molecule has 1 fully saturated rings. The van der Waals surface area contributed by atoms with E-state index in [9.17, 15) is 9.50 Å². The second-order valence-corrected chi connectivity index (χ2v) is 4.33. The minimum atomic E-state index is -0.325. The van der Waals surface area contributed by atoms with Crippen LogP contribution >= 0.6 is 0 Å². The lowest BCUT2D eigenvalue weighted by Gasteiger charge is -2.14. The third-order valence-electron chi connectivity index (χ3n) is 3.20. The quantitative estimate of drug-likeness (QED) is 0.852. The summed E-state index contributed by atoms with van der Waals surface area (Å²) in [6.07, 6.45) is 3.65. The van der Waals surface area contributed by atoms with Gasteiger partial charge in [-0.1, -0.05) is 18.6 Å². The molecule has 2 atom stereocenters. The van der Waals surface area contributed by atoms with E-state index in [1.807, 2.05) is 0 Å². The molecule has 0 amide bonds. The van der Waals surface area contributed by atoms with Gasteiger partial charge in [-0.15, -0.1) is 0 Å². The van der Waals surface area contributed by atoms with Crippen molar-refractivity contribution in [2.24, 2.45) is 5.92 Å². The van der Waals surface area contributed by atoms with Gasteiger partial charge in [-0.2, -0.15) is 0 Å². The van der Waals surface area contributed by atoms with Gasteiger partial charge in [-0.05, 0) is 37.3 Å². The van der Waals surface area contributed by atoms with E-state index in [4.69, 9.17) is 4.74 Å². The van der Waals surface area contributed by atoms with E-state index in [0.29, 0.717) is 18.3 Å². The second kappa shape index (κ2) is 5.30. The highest BCUT2D eigenvalue weighted by Gasteiger charge is 2.24. The van der Waals surface area contributed by atoms with Crippen LogP contribution in [-0.4, -0.2) is 17.8 Å². The van der Waals surface area contributed by atoms with Crippen molar-refractivity contribution < 1.29 is 14.2 Å². The van der Waals surface area contributed by atoms with Crippen LogP contribution in [0.15, 0.2) is 24.3 Å². The van der Waals surface area contributed by atoms with Crippen molar-refractivity contribution in [1.82, 2.24) is 0 Å². The van der Waals surface area contributed by atoms with Gasteiger partial charge in [0.25, 0.3) is 0 Å². The molecule has 1 aliphatic carbocycles. The average Bonchev–Trinajstić information content (AvgIpc) is 2.67. The molecule has 2 nitrogen and oxygen atoms in total. The van der Waals surface area contributed by atoms with E-state index in [2.05, 4.69) is 0 Å². The van der Waals surface area contributed by atoms with Gasteiger partial charge in [-0.25, -0.2) is 4.39 Å². The van der Waals surface area contributed by atoms with Crippen molar-refractivity contribution in [2.45, 2.75) is 31.8 Å². The van der Waals surface area contributed by atoms with Crippen LogP contribution in [0.5, 0.6) is 5.75 Å². The molecule has 0 aromatic heterocycles. The summed E-state index contributed by atoms with van der Waals surface area (Å²) in [7, 11) is 0. The molecular weight excluding hydrogens is 207 g/mol. The fourth-order valence-electron chi connectivity index (χ4n) is 2.24. The molecule has 1 aromatic carbocycles. The van der Waals surface area contributed by atoms with Gasteiger partial charge in [0.2, 0.25) is 0 Å². The number of hydrogen-bond acceptors (Lipinski definition) is 2. The Bertz CT molecular complexity index is 340. The van der Waals surface area contributed by atoms with Crippen molar-refractivity contribution in [3.8, 4) is 5.75 Å². The zero-order valence-electron chi connectivity index (χ0n) is 9.23. The Morgan fingerprint density at radius 1 is 1.31 bits per heavy atom. The van der Waals surface area contributed by atoms with Crippen molar-refractivity contribution >= 4 is 0 Å². The molecule has 0 aliphatic heterocycles. The summed E-state index contributed by atoms with van der Waals surface area (Å²) < 4.78 is 18.6. The van der Waals surface area contributed by atoms with Crippen LogP contribution in [-0.2, 0) is 0 Å². The molecule has 2 rings (SSSR count). The first-order valence-corrected chi connectivity index (χ1v) is 5.83. The van der Waals surface area contributed by atoms with Gasteiger partial charge in [0.05, 0.1) is 12.7 Å². The van der Waals surface area contributed by atoms with Gasteiger partial charge >= 0.3 is 0 Å². The second-order valence-electron chi connectivity index (χ2n) is 4.33. The third kappa shape index (κ3) is 2.73. The molecule has 0 heterocycles. The monoisotopic (exact) mass is 224 g/mol. The highest BCUT2D eigenvalue weighted by molar-refractivity contribution is 5.23. The number of aliphatic hydroxyl groups excluding tert-OH is 1. The van der Waals surface area contributed by atoms with Crippen LogP contribution in [0.25, 0.3) is 0 Å². The predicted molar refractivity (Wildman–Crippen MR) is 59.9 cm³/mol. The highest BCUT2D eigenvalue weighted by Crippen LogP contribution is 2.28. The van der Waals surface area contributed by atoms with E-state index in [1.54, 1.807) is 18.2 Å². The molecule has 1 saturated carbocycles. The summed E-state index contributed by atoms with van der Waals surface area (Å²) in [6, 6.07) is 6.41. The molecule has 0 radical (unpaired) electrons. The van der Waals surface area contributed by atoms with Crippen molar-refractivity contribution in [3.05, 3.63) is 30.1 Å². The molecule has 1 aromatic rings. The maximum absolute atomic E-state index is 13.2. The Kier molecular flexibility index (Phi) is 3.78. The van der Waals surface area contributed by atoms with Crippen LogP contribution in [0.1, 0.15) is 25.7 Å². The first kappa shape index (κ1) is 11.4. The summed E-state index contributed by atoms with van der Waals surface area (Å²) in [5, 5.41) is 9.61. The van der Waals surface area contributed by atoms with Gasteiger partial charge in [0.1, 0.15) is 0 Å². The molecule has 16 heavy (non-hydrogen) atoms. The minimum absolute atomic E-state index is 0.191. The van der Waals surface area contributed by atoms with Gasteiger partial charge in [0, 0.05) is 0 Å². The lowest BCUT2D eigenvalue weighted by atomic mass is 10.0. The van der Waals surface area contributed by atoms with Crippen LogP contribution in [0, 0.1) is 11.7 Å². The van der Waals surface area contributed by atoms with E-state index in [1.165, 1.54) is 6.07 Å². The number of rotatable bonds is 4. The summed E-state index contributed by atoms with van der Waals surface area (Å²) in [5.74, 6) is 0.302. The molecular formula is C13H17FO2. The maximum Gasteiger partial charge on any atom is 0.165 e. The molecule has 0 bridgehead atoms. The Morgan fingerprint density at radius 3 is 2.81 bits per heavy atom. The number of para-hydroxylation sites is 1. The van der Waals surface area contributed by atoms with Crippen molar-refractivity contribution in [3.63, 3.8) is 0 Å². The number of aliphatic hydroxyl groups is 1. The van der Waals surface area contributed by atoms with Crippen molar-refractivity contribution in [1.29, 1.82) is 0 Å². The summed E-state index contributed by atoms with van der Waals surface area (Å²) in [6.45, 7) is 0.475. The van der Waals surface area contributed by atoms with Crippen molar-refractivity contribution in [2.75, 3.05) is 6.61 Å². The molecule has 1 N–H and O–H groups in total. The predicted octanol–water partition coefficient (Wildman–Crippen LogP) is 2.76. The standard InChI is InChI=1S/C13H17FO2/c14-11-5-1-2-7-13(11)16-9-8-10-4-3-6-12(10)15/h1-2,5,7,10,12,15H,3-4,6,8-9H2. The molecule has 0 spiro atoms. The molecule has 88 valence electrons. The lowest BCUT2D eigenvalue weighted by molar-refractivity contribution is 0.116. The fourth-order valence-corrected chi connectivity index (χ4v) is 2.24. The summed E-state index contributed by atoms with van der Waals surface area (Å²) in [4.78, 5) is 0. The zero-order chi connectivity index (χ0) is 11.4. The Morgan fingerprint density at radius 2 is 2.12 bits per heavy atom. The Hall–Kier alpha value is -1.09. The zero-order valence-corrected chi connectivity index (χ0v) is 9.23. The van der Waals surface area contributed by atoms with E-state index in [0.717, 1.165) is 25.7 Å². The first-order valence-electron chi connectivity index (χ1n) is 5.83. The SMILES string of the molecule is OC1CCCC1CCOc1ccccc1F. The Balaban J connectivity index is 1.78. The topological polar surface area (TPSA) is 29.5 Å². The first-order chi connectivity index (χ1) is 7.77. The smallest absolute Gasteiger partial charge is 0.165 e. The van der Waals surface area contributed by atoms with E-state index >= 15 is 0 Å². The van der Waals surface area contributed by atoms with E-state index in [-0.39, 0.29) is 11.9 Å². The third-order valence-corrected chi connectivity index (χ3v) is 3.20. The Labute approximate surface area is 95.1 Å². The van der Waals surface area contributed by atoms with Gasteiger partial charge in [0.15, 0.2) is 11.6 Å². The number of halogens is 1. The molecule has 3 heteroatoms. The molecule has 2 unspecified atom stereocenters.